The largest absolute Gasteiger partial charge is 0.496 e. The Morgan fingerprint density at radius 1 is 1.55 bits per heavy atom. The van der Waals surface area contributed by atoms with Gasteiger partial charge in [-0.1, -0.05) is 23.9 Å². The van der Waals surface area contributed by atoms with Crippen LogP contribution < -0.4 is 4.74 Å². The zero-order valence-corrected chi connectivity index (χ0v) is 14.0. The SMILES string of the molecule is C=CCSC1=N/C(=C/c2ccc(OC)c(Br)c2)C(=O)S1. The third-order valence-corrected chi connectivity index (χ3v) is 5.03. The fourth-order valence-corrected chi connectivity index (χ4v) is 3.67. The fourth-order valence-electron chi connectivity index (χ4n) is 1.51. The average Bonchev–Trinajstić information content (AvgIpc) is 2.77. The minimum Gasteiger partial charge on any atom is -0.496 e. The molecule has 0 radical (unpaired) electrons. The van der Waals surface area contributed by atoms with Crippen LogP contribution in [0.25, 0.3) is 6.08 Å². The lowest BCUT2D eigenvalue weighted by Gasteiger charge is -2.03. The van der Waals surface area contributed by atoms with Gasteiger partial charge >= 0.3 is 0 Å². The van der Waals surface area contributed by atoms with Crippen LogP contribution >= 0.6 is 39.5 Å². The topological polar surface area (TPSA) is 38.7 Å². The van der Waals surface area contributed by atoms with E-state index < -0.39 is 0 Å². The predicted molar refractivity (Wildman–Crippen MR) is 91.4 cm³/mol. The predicted octanol–water partition coefficient (Wildman–Crippen LogP) is 4.35. The van der Waals surface area contributed by atoms with E-state index in [0.29, 0.717) is 5.70 Å². The van der Waals surface area contributed by atoms with Gasteiger partial charge in [-0.05, 0) is 51.5 Å². The highest BCUT2D eigenvalue weighted by atomic mass is 79.9. The maximum atomic E-state index is 11.9. The summed E-state index contributed by atoms with van der Waals surface area (Å²) >= 11 is 6.10. The number of hydrogen-bond donors (Lipinski definition) is 0. The second-order valence-electron chi connectivity index (χ2n) is 3.79. The Kier molecular flexibility index (Phi) is 5.51. The van der Waals surface area contributed by atoms with Gasteiger partial charge < -0.3 is 4.74 Å². The van der Waals surface area contributed by atoms with Crippen LogP contribution in [0.5, 0.6) is 5.75 Å². The minimum absolute atomic E-state index is 0.0245. The number of halogens is 1. The lowest BCUT2D eigenvalue weighted by Crippen LogP contribution is -1.89. The molecule has 1 heterocycles. The van der Waals surface area contributed by atoms with Gasteiger partial charge in [0.2, 0.25) is 5.12 Å². The quantitative estimate of drug-likeness (QED) is 0.584. The number of benzene rings is 1. The van der Waals surface area contributed by atoms with Gasteiger partial charge in [0.05, 0.1) is 11.6 Å². The Morgan fingerprint density at radius 2 is 2.35 bits per heavy atom. The Morgan fingerprint density at radius 3 is 3.00 bits per heavy atom. The number of aliphatic imine (C=N–C) groups is 1. The Labute approximate surface area is 134 Å². The number of carbonyl (C=O) groups is 1. The van der Waals surface area contributed by atoms with Crippen LogP contribution in [-0.4, -0.2) is 22.4 Å². The molecule has 104 valence electrons. The van der Waals surface area contributed by atoms with Crippen LogP contribution in [0, 0.1) is 0 Å². The summed E-state index contributed by atoms with van der Waals surface area (Å²) in [5, 5.41) is -0.0245. The van der Waals surface area contributed by atoms with Crippen molar-refractivity contribution in [3.8, 4) is 5.75 Å². The molecule has 1 aromatic carbocycles. The van der Waals surface area contributed by atoms with E-state index >= 15 is 0 Å². The fraction of sp³-hybridized carbons (Fsp3) is 0.143. The van der Waals surface area contributed by atoms with E-state index in [2.05, 4.69) is 27.5 Å². The molecule has 6 heteroatoms. The summed E-state index contributed by atoms with van der Waals surface area (Å²) in [5.74, 6) is 1.51. The van der Waals surface area contributed by atoms with Crippen LogP contribution in [-0.2, 0) is 4.79 Å². The van der Waals surface area contributed by atoms with Gasteiger partial charge in [0.15, 0.2) is 0 Å². The van der Waals surface area contributed by atoms with Crippen LogP contribution in [0.1, 0.15) is 5.56 Å². The lowest BCUT2D eigenvalue weighted by molar-refractivity contribution is -0.107. The summed E-state index contributed by atoms with van der Waals surface area (Å²) in [7, 11) is 1.61. The summed E-state index contributed by atoms with van der Waals surface area (Å²) in [6.45, 7) is 3.65. The third-order valence-electron chi connectivity index (χ3n) is 2.40. The molecule has 2 rings (SSSR count). The number of carbonyl (C=O) groups excluding carboxylic acids is 1. The molecule has 3 nitrogen and oxygen atoms in total. The molecule has 0 saturated carbocycles. The number of nitrogens with zero attached hydrogens (tertiary/aromatic N) is 1. The number of thioether (sulfide) groups is 2. The average molecular weight is 370 g/mol. The van der Waals surface area contributed by atoms with Crippen molar-refractivity contribution in [3.05, 3.63) is 46.6 Å². The first-order valence-corrected chi connectivity index (χ1v) is 8.33. The van der Waals surface area contributed by atoms with Crippen LogP contribution in [0.3, 0.4) is 0 Å². The molecule has 0 aromatic heterocycles. The van der Waals surface area contributed by atoms with E-state index in [1.165, 1.54) is 23.5 Å². The smallest absolute Gasteiger partial charge is 0.244 e. The Hall–Kier alpha value is -0.980. The molecule has 0 fully saturated rings. The summed E-state index contributed by atoms with van der Waals surface area (Å²) in [6.07, 6.45) is 3.57. The van der Waals surface area contributed by atoms with Crippen molar-refractivity contribution in [1.82, 2.24) is 0 Å². The maximum absolute atomic E-state index is 11.9. The molecule has 0 unspecified atom stereocenters. The lowest BCUT2D eigenvalue weighted by atomic mass is 10.2. The zero-order chi connectivity index (χ0) is 14.5. The molecular weight excluding hydrogens is 358 g/mol. The van der Waals surface area contributed by atoms with Crippen molar-refractivity contribution in [1.29, 1.82) is 0 Å². The molecule has 0 bridgehead atoms. The molecule has 1 aliphatic rings. The third kappa shape index (κ3) is 3.77. The minimum atomic E-state index is -0.0245. The maximum Gasteiger partial charge on any atom is 0.244 e. The molecule has 0 atom stereocenters. The highest BCUT2D eigenvalue weighted by Crippen LogP contribution is 2.32. The van der Waals surface area contributed by atoms with Gasteiger partial charge in [-0.15, -0.1) is 6.58 Å². The molecule has 0 amide bonds. The van der Waals surface area contributed by atoms with Gasteiger partial charge in [-0.25, -0.2) is 4.99 Å². The second-order valence-corrected chi connectivity index (χ2v) is 6.87. The van der Waals surface area contributed by atoms with Crippen LogP contribution in [0.4, 0.5) is 0 Å². The first-order chi connectivity index (χ1) is 9.63. The molecule has 0 saturated heterocycles. The highest BCUT2D eigenvalue weighted by Gasteiger charge is 2.22. The first-order valence-electron chi connectivity index (χ1n) is 5.74. The number of rotatable bonds is 4. The van der Waals surface area contributed by atoms with E-state index in [1.807, 2.05) is 18.2 Å². The molecule has 0 N–H and O–H groups in total. The van der Waals surface area contributed by atoms with Gasteiger partial charge in [0.1, 0.15) is 15.8 Å². The number of hydrogen-bond acceptors (Lipinski definition) is 5. The second kappa shape index (κ2) is 7.15. The number of methoxy groups -OCH3 is 1. The zero-order valence-electron chi connectivity index (χ0n) is 10.8. The molecule has 1 aliphatic heterocycles. The van der Waals surface area contributed by atoms with Gasteiger partial charge in [-0.2, -0.15) is 0 Å². The Bertz CT molecular complexity index is 611. The number of ether oxygens (including phenoxy) is 1. The van der Waals surface area contributed by atoms with Crippen LogP contribution in [0.2, 0.25) is 0 Å². The molecule has 1 aromatic rings. The summed E-state index contributed by atoms with van der Waals surface area (Å²) in [5.41, 5.74) is 1.37. The van der Waals surface area contributed by atoms with Crippen molar-refractivity contribution in [2.45, 2.75) is 0 Å². The van der Waals surface area contributed by atoms with E-state index in [-0.39, 0.29) is 5.12 Å². The van der Waals surface area contributed by atoms with E-state index in [4.69, 9.17) is 4.74 Å². The first kappa shape index (κ1) is 15.4. The summed E-state index contributed by atoms with van der Waals surface area (Å²) in [6, 6.07) is 5.63. The van der Waals surface area contributed by atoms with E-state index in [9.17, 15) is 4.79 Å². The molecule has 0 spiro atoms. The van der Waals surface area contributed by atoms with E-state index in [0.717, 1.165) is 25.9 Å². The normalized spacial score (nSPS) is 16.4. The summed E-state index contributed by atoms with van der Waals surface area (Å²) < 4.78 is 6.79. The molecular formula is C14H12BrNO2S2. The van der Waals surface area contributed by atoms with Gasteiger partial charge in [-0.3, -0.25) is 4.79 Å². The van der Waals surface area contributed by atoms with Crippen molar-refractivity contribution >= 4 is 55.0 Å². The van der Waals surface area contributed by atoms with E-state index in [1.54, 1.807) is 19.3 Å². The Balaban J connectivity index is 2.21. The summed E-state index contributed by atoms with van der Waals surface area (Å²) in [4.78, 5) is 16.2. The molecule has 20 heavy (non-hydrogen) atoms. The van der Waals surface area contributed by atoms with Crippen LogP contribution in [0.15, 0.2) is 46.0 Å². The van der Waals surface area contributed by atoms with Crippen molar-refractivity contribution in [2.24, 2.45) is 4.99 Å². The standard InChI is InChI=1S/C14H12BrNO2S2/c1-3-6-19-14-16-11(13(17)20-14)8-9-4-5-12(18-2)10(15)7-9/h3-5,7-8H,1,6H2,2H3/b11-8+. The van der Waals surface area contributed by atoms with Gasteiger partial charge in [0.25, 0.3) is 0 Å². The van der Waals surface area contributed by atoms with Crippen molar-refractivity contribution in [3.63, 3.8) is 0 Å². The highest BCUT2D eigenvalue weighted by molar-refractivity contribution is 9.10. The van der Waals surface area contributed by atoms with Gasteiger partial charge in [0, 0.05) is 5.75 Å². The monoisotopic (exact) mass is 369 g/mol. The van der Waals surface area contributed by atoms with Crippen molar-refractivity contribution in [2.75, 3.05) is 12.9 Å². The molecule has 0 aliphatic carbocycles. The van der Waals surface area contributed by atoms with Crippen molar-refractivity contribution < 1.29 is 9.53 Å².